The Bertz CT molecular complexity index is 283. The highest BCUT2D eigenvalue weighted by Crippen LogP contribution is 2.27. The van der Waals surface area contributed by atoms with Gasteiger partial charge in [0, 0.05) is 45.2 Å². The van der Waals surface area contributed by atoms with E-state index in [1.54, 1.807) is 6.92 Å². The largest absolute Gasteiger partial charge is 0.342 e. The van der Waals surface area contributed by atoms with Crippen LogP contribution < -0.4 is 5.73 Å². The Morgan fingerprint density at radius 1 is 1.17 bits per heavy atom. The van der Waals surface area contributed by atoms with E-state index in [0.29, 0.717) is 6.04 Å². The van der Waals surface area contributed by atoms with Crippen molar-refractivity contribution in [1.82, 2.24) is 9.80 Å². The summed E-state index contributed by atoms with van der Waals surface area (Å²) in [4.78, 5) is 15.9. The zero-order chi connectivity index (χ0) is 13.9. The maximum Gasteiger partial charge on any atom is 0.219 e. The Kier molecular flexibility index (Phi) is 5.17. The van der Waals surface area contributed by atoms with Gasteiger partial charge in [0.25, 0.3) is 0 Å². The van der Waals surface area contributed by atoms with Crippen molar-refractivity contribution in [2.45, 2.75) is 53.1 Å². The summed E-state index contributed by atoms with van der Waals surface area (Å²) in [5.74, 6) is 0.185. The zero-order valence-corrected chi connectivity index (χ0v) is 12.6. The Morgan fingerprint density at radius 2 is 1.78 bits per heavy atom. The first-order valence-electron chi connectivity index (χ1n) is 6.98. The van der Waals surface area contributed by atoms with Crippen LogP contribution in [-0.2, 0) is 4.79 Å². The van der Waals surface area contributed by atoms with E-state index in [9.17, 15) is 4.79 Å². The highest BCUT2D eigenvalue weighted by Gasteiger charge is 2.34. The van der Waals surface area contributed by atoms with Crippen molar-refractivity contribution in [3.8, 4) is 0 Å². The lowest BCUT2D eigenvalue weighted by Crippen LogP contribution is -2.54. The lowest BCUT2D eigenvalue weighted by atomic mass is 9.81. The molecule has 1 aliphatic rings. The van der Waals surface area contributed by atoms with Gasteiger partial charge in [0.15, 0.2) is 0 Å². The molecule has 0 aromatic heterocycles. The topological polar surface area (TPSA) is 49.6 Å². The van der Waals surface area contributed by atoms with E-state index < -0.39 is 0 Å². The fourth-order valence-corrected chi connectivity index (χ4v) is 3.20. The summed E-state index contributed by atoms with van der Waals surface area (Å²) in [6.07, 6.45) is 1.04. The van der Waals surface area contributed by atoms with E-state index in [1.165, 1.54) is 0 Å². The molecule has 1 heterocycles. The highest BCUT2D eigenvalue weighted by atomic mass is 16.2. The van der Waals surface area contributed by atoms with Crippen molar-refractivity contribution < 1.29 is 4.79 Å². The first-order chi connectivity index (χ1) is 8.23. The number of rotatable bonds is 2. The number of carbonyl (C=O) groups is 1. The van der Waals surface area contributed by atoms with Crippen molar-refractivity contribution in [2.24, 2.45) is 11.1 Å². The summed E-state index contributed by atoms with van der Waals surface area (Å²) in [7, 11) is 0. The molecule has 2 N–H and O–H groups in total. The number of carbonyl (C=O) groups excluding carboxylic acids is 1. The fourth-order valence-electron chi connectivity index (χ4n) is 3.20. The molecule has 1 rings (SSSR count). The molecule has 106 valence electrons. The van der Waals surface area contributed by atoms with Gasteiger partial charge < -0.3 is 10.6 Å². The Balaban J connectivity index is 2.73. The minimum absolute atomic E-state index is 0.147. The van der Waals surface area contributed by atoms with E-state index in [2.05, 4.69) is 32.6 Å². The Hall–Kier alpha value is -0.610. The maximum atomic E-state index is 11.4. The lowest BCUT2D eigenvalue weighted by Gasteiger charge is -2.42. The molecule has 0 spiro atoms. The standard InChI is InChI=1S/C14H29N3O/c1-11(15)13(14(3,4)5)17-8-6-7-16(9-10-17)12(2)18/h11,13H,6-10,15H2,1-5H3. The predicted molar refractivity (Wildman–Crippen MR) is 75.3 cm³/mol. The normalized spacial score (nSPS) is 22.4. The van der Waals surface area contributed by atoms with Gasteiger partial charge in [-0.1, -0.05) is 20.8 Å². The average molecular weight is 255 g/mol. The average Bonchev–Trinajstić information content (AvgIpc) is 2.40. The van der Waals surface area contributed by atoms with Gasteiger partial charge in [0.1, 0.15) is 0 Å². The van der Waals surface area contributed by atoms with Crippen LogP contribution in [0.3, 0.4) is 0 Å². The molecule has 2 atom stereocenters. The molecule has 0 radical (unpaired) electrons. The van der Waals surface area contributed by atoms with Gasteiger partial charge in [-0.3, -0.25) is 9.69 Å². The van der Waals surface area contributed by atoms with Crippen LogP contribution in [0.15, 0.2) is 0 Å². The third-order valence-corrected chi connectivity index (χ3v) is 3.75. The summed E-state index contributed by atoms with van der Waals surface area (Å²) < 4.78 is 0. The monoisotopic (exact) mass is 255 g/mol. The van der Waals surface area contributed by atoms with Crippen LogP contribution in [0.2, 0.25) is 0 Å². The lowest BCUT2D eigenvalue weighted by molar-refractivity contribution is -0.128. The second kappa shape index (κ2) is 6.02. The Labute approximate surface area is 111 Å². The second-order valence-corrected chi connectivity index (χ2v) is 6.57. The molecular formula is C14H29N3O. The van der Waals surface area contributed by atoms with Crippen LogP contribution >= 0.6 is 0 Å². The maximum absolute atomic E-state index is 11.4. The molecule has 1 saturated heterocycles. The molecule has 2 unspecified atom stereocenters. The molecule has 18 heavy (non-hydrogen) atoms. The van der Waals surface area contributed by atoms with Crippen molar-refractivity contribution in [1.29, 1.82) is 0 Å². The van der Waals surface area contributed by atoms with Crippen molar-refractivity contribution in [3.05, 3.63) is 0 Å². The van der Waals surface area contributed by atoms with Crippen molar-refractivity contribution in [2.75, 3.05) is 26.2 Å². The molecule has 0 bridgehead atoms. The molecule has 4 heteroatoms. The van der Waals surface area contributed by atoms with E-state index in [-0.39, 0.29) is 17.4 Å². The quantitative estimate of drug-likeness (QED) is 0.809. The molecule has 0 aliphatic carbocycles. The molecule has 1 aliphatic heterocycles. The summed E-state index contributed by atoms with van der Waals surface area (Å²) in [6, 6.07) is 0.512. The summed E-state index contributed by atoms with van der Waals surface area (Å²) in [6.45, 7) is 14.1. The van der Waals surface area contributed by atoms with Gasteiger partial charge in [-0.25, -0.2) is 0 Å². The third kappa shape index (κ3) is 3.95. The molecule has 0 aromatic rings. The second-order valence-electron chi connectivity index (χ2n) is 6.57. The molecule has 4 nitrogen and oxygen atoms in total. The first-order valence-corrected chi connectivity index (χ1v) is 6.98. The number of hydrogen-bond acceptors (Lipinski definition) is 3. The van der Waals surface area contributed by atoms with Gasteiger partial charge >= 0.3 is 0 Å². The molecule has 0 aromatic carbocycles. The molecule has 1 amide bonds. The number of amides is 1. The third-order valence-electron chi connectivity index (χ3n) is 3.75. The number of nitrogens with two attached hydrogens (primary N) is 1. The van der Waals surface area contributed by atoms with Crippen LogP contribution in [0, 0.1) is 5.41 Å². The van der Waals surface area contributed by atoms with Crippen LogP contribution in [0.25, 0.3) is 0 Å². The van der Waals surface area contributed by atoms with Crippen LogP contribution in [0.1, 0.15) is 41.0 Å². The van der Waals surface area contributed by atoms with Crippen molar-refractivity contribution in [3.63, 3.8) is 0 Å². The van der Waals surface area contributed by atoms with Crippen LogP contribution in [0.5, 0.6) is 0 Å². The number of hydrogen-bond donors (Lipinski definition) is 1. The summed E-state index contributed by atoms with van der Waals surface area (Å²) in [5, 5.41) is 0. The fraction of sp³-hybridized carbons (Fsp3) is 0.929. The van der Waals surface area contributed by atoms with Crippen molar-refractivity contribution >= 4 is 5.91 Å². The first kappa shape index (κ1) is 15.4. The number of nitrogens with zero attached hydrogens (tertiary/aromatic N) is 2. The Morgan fingerprint density at radius 3 is 2.22 bits per heavy atom. The molecule has 0 saturated carbocycles. The minimum atomic E-state index is 0.147. The summed E-state index contributed by atoms with van der Waals surface area (Å²) >= 11 is 0. The van der Waals surface area contributed by atoms with Crippen LogP contribution in [0.4, 0.5) is 0 Å². The van der Waals surface area contributed by atoms with Gasteiger partial charge in [0.2, 0.25) is 5.91 Å². The minimum Gasteiger partial charge on any atom is -0.342 e. The van der Waals surface area contributed by atoms with E-state index in [4.69, 9.17) is 5.73 Å². The van der Waals surface area contributed by atoms with Crippen LogP contribution in [-0.4, -0.2) is 54.0 Å². The highest BCUT2D eigenvalue weighted by molar-refractivity contribution is 5.73. The van der Waals surface area contributed by atoms with Gasteiger partial charge in [-0.05, 0) is 18.8 Å². The van der Waals surface area contributed by atoms with Gasteiger partial charge in [-0.2, -0.15) is 0 Å². The van der Waals surface area contributed by atoms with E-state index >= 15 is 0 Å². The van der Waals surface area contributed by atoms with E-state index in [1.807, 2.05) is 4.90 Å². The molecular weight excluding hydrogens is 226 g/mol. The zero-order valence-electron chi connectivity index (χ0n) is 12.6. The molecule has 1 fully saturated rings. The summed E-state index contributed by atoms with van der Waals surface area (Å²) in [5.41, 5.74) is 6.34. The van der Waals surface area contributed by atoms with E-state index in [0.717, 1.165) is 32.6 Å². The predicted octanol–water partition coefficient (Wildman–Crippen LogP) is 1.30. The van der Waals surface area contributed by atoms with Gasteiger partial charge in [0.05, 0.1) is 0 Å². The SMILES string of the molecule is CC(=O)N1CCCN(C(C(C)N)C(C)(C)C)CC1. The smallest absolute Gasteiger partial charge is 0.219 e. The van der Waals surface area contributed by atoms with Gasteiger partial charge in [-0.15, -0.1) is 0 Å².